The predicted octanol–water partition coefficient (Wildman–Crippen LogP) is 3.85. The monoisotopic (exact) mass is 336 g/mol. The number of carbonyl (C=O) groups excluding carboxylic acids is 1. The minimum absolute atomic E-state index is 0.0580. The van der Waals surface area contributed by atoms with Crippen LogP contribution in [0, 0.1) is 12.7 Å². The molecule has 0 unspecified atom stereocenters. The van der Waals surface area contributed by atoms with Crippen molar-refractivity contribution in [2.75, 3.05) is 10.6 Å². The standard InChI is InChI=1S/C19H17FN4O/c1-13-6-2-5-9-16(13)21-17-10-11-18(24-23-17)22-19(25)12-14-7-3-4-8-15(14)20/h2-11H,12H2,1H3,(H,21,23)(H,22,24,25). The Balaban J connectivity index is 1.62. The van der Waals surface area contributed by atoms with E-state index in [4.69, 9.17) is 0 Å². The predicted molar refractivity (Wildman–Crippen MR) is 95.2 cm³/mol. The van der Waals surface area contributed by atoms with E-state index >= 15 is 0 Å². The lowest BCUT2D eigenvalue weighted by molar-refractivity contribution is -0.115. The van der Waals surface area contributed by atoms with Crippen molar-refractivity contribution in [3.05, 3.63) is 77.6 Å². The van der Waals surface area contributed by atoms with E-state index in [1.807, 2.05) is 31.2 Å². The number of aromatic nitrogens is 2. The van der Waals surface area contributed by atoms with E-state index < -0.39 is 5.82 Å². The fourth-order valence-corrected chi connectivity index (χ4v) is 2.32. The van der Waals surface area contributed by atoms with E-state index in [-0.39, 0.29) is 12.3 Å². The molecule has 1 heterocycles. The molecule has 0 aliphatic carbocycles. The first kappa shape index (κ1) is 16.6. The number of benzene rings is 2. The number of aryl methyl sites for hydroxylation is 1. The van der Waals surface area contributed by atoms with Crippen LogP contribution in [0.1, 0.15) is 11.1 Å². The number of hydrogen-bond donors (Lipinski definition) is 2. The molecule has 0 aliphatic rings. The molecule has 6 heteroatoms. The van der Waals surface area contributed by atoms with Gasteiger partial charge in [-0.2, -0.15) is 0 Å². The lowest BCUT2D eigenvalue weighted by Crippen LogP contribution is -2.16. The Bertz CT molecular complexity index is 881. The zero-order valence-corrected chi connectivity index (χ0v) is 13.7. The summed E-state index contributed by atoms with van der Waals surface area (Å²) in [6.45, 7) is 1.99. The normalized spacial score (nSPS) is 10.3. The highest BCUT2D eigenvalue weighted by molar-refractivity contribution is 5.91. The summed E-state index contributed by atoms with van der Waals surface area (Å²) in [5.41, 5.74) is 2.37. The van der Waals surface area contributed by atoms with Gasteiger partial charge in [-0.15, -0.1) is 10.2 Å². The first-order valence-electron chi connectivity index (χ1n) is 7.81. The highest BCUT2D eigenvalue weighted by atomic mass is 19.1. The van der Waals surface area contributed by atoms with Crippen molar-refractivity contribution in [2.45, 2.75) is 13.3 Å². The van der Waals surface area contributed by atoms with Crippen LogP contribution in [-0.2, 0) is 11.2 Å². The Morgan fingerprint density at radius 2 is 1.64 bits per heavy atom. The van der Waals surface area contributed by atoms with Gasteiger partial charge in [-0.1, -0.05) is 36.4 Å². The Kier molecular flexibility index (Phi) is 4.99. The lowest BCUT2D eigenvalue weighted by Gasteiger charge is -2.09. The van der Waals surface area contributed by atoms with Crippen molar-refractivity contribution >= 4 is 23.2 Å². The highest BCUT2D eigenvalue weighted by Gasteiger charge is 2.09. The van der Waals surface area contributed by atoms with Gasteiger partial charge in [0.15, 0.2) is 11.6 Å². The summed E-state index contributed by atoms with van der Waals surface area (Å²) < 4.78 is 13.6. The Hall–Kier alpha value is -3.28. The van der Waals surface area contributed by atoms with Gasteiger partial charge >= 0.3 is 0 Å². The van der Waals surface area contributed by atoms with Crippen LogP contribution < -0.4 is 10.6 Å². The molecule has 2 aromatic carbocycles. The van der Waals surface area contributed by atoms with Gasteiger partial charge in [0.25, 0.3) is 0 Å². The van der Waals surface area contributed by atoms with Gasteiger partial charge in [-0.25, -0.2) is 4.39 Å². The SMILES string of the molecule is Cc1ccccc1Nc1ccc(NC(=O)Cc2ccccc2F)nn1. The molecule has 25 heavy (non-hydrogen) atoms. The summed E-state index contributed by atoms with van der Waals surface area (Å²) in [7, 11) is 0. The number of nitrogens with one attached hydrogen (secondary N) is 2. The molecular weight excluding hydrogens is 319 g/mol. The molecule has 2 N–H and O–H groups in total. The summed E-state index contributed by atoms with van der Waals surface area (Å²) in [5, 5.41) is 13.8. The molecular formula is C19H17FN4O. The van der Waals surface area contributed by atoms with Gasteiger partial charge in [0.1, 0.15) is 5.82 Å². The minimum Gasteiger partial charge on any atom is -0.339 e. The van der Waals surface area contributed by atoms with Crippen LogP contribution in [-0.4, -0.2) is 16.1 Å². The van der Waals surface area contributed by atoms with Crippen LogP contribution in [0.2, 0.25) is 0 Å². The number of para-hydroxylation sites is 1. The topological polar surface area (TPSA) is 66.9 Å². The lowest BCUT2D eigenvalue weighted by atomic mass is 10.1. The fourth-order valence-electron chi connectivity index (χ4n) is 2.32. The maximum absolute atomic E-state index is 13.6. The molecule has 3 aromatic rings. The van der Waals surface area contributed by atoms with E-state index in [2.05, 4.69) is 20.8 Å². The smallest absolute Gasteiger partial charge is 0.230 e. The zero-order chi connectivity index (χ0) is 17.6. The van der Waals surface area contributed by atoms with Crippen LogP contribution in [0.5, 0.6) is 0 Å². The van der Waals surface area contributed by atoms with E-state index in [0.29, 0.717) is 17.2 Å². The second-order valence-corrected chi connectivity index (χ2v) is 5.56. The third-order valence-electron chi connectivity index (χ3n) is 3.65. The summed E-state index contributed by atoms with van der Waals surface area (Å²) in [6.07, 6.45) is -0.0580. The van der Waals surface area contributed by atoms with Gasteiger partial charge in [-0.3, -0.25) is 4.79 Å². The number of carbonyl (C=O) groups is 1. The molecule has 0 bridgehead atoms. The molecule has 1 aromatic heterocycles. The summed E-state index contributed by atoms with van der Waals surface area (Å²) >= 11 is 0. The van der Waals surface area contributed by atoms with E-state index in [1.165, 1.54) is 6.07 Å². The van der Waals surface area contributed by atoms with Crippen molar-refractivity contribution in [1.29, 1.82) is 0 Å². The Morgan fingerprint density at radius 3 is 2.36 bits per heavy atom. The number of halogens is 1. The van der Waals surface area contributed by atoms with Crippen molar-refractivity contribution in [1.82, 2.24) is 10.2 Å². The van der Waals surface area contributed by atoms with Crippen molar-refractivity contribution in [2.24, 2.45) is 0 Å². The highest BCUT2D eigenvalue weighted by Crippen LogP contribution is 2.18. The van der Waals surface area contributed by atoms with E-state index in [0.717, 1.165) is 11.3 Å². The number of anilines is 3. The Morgan fingerprint density at radius 1 is 0.960 bits per heavy atom. The van der Waals surface area contributed by atoms with Crippen molar-refractivity contribution in [3.63, 3.8) is 0 Å². The molecule has 0 saturated carbocycles. The molecule has 5 nitrogen and oxygen atoms in total. The molecule has 0 saturated heterocycles. The van der Waals surface area contributed by atoms with Crippen molar-refractivity contribution in [3.8, 4) is 0 Å². The minimum atomic E-state index is -0.401. The molecule has 126 valence electrons. The number of rotatable bonds is 5. The first-order valence-corrected chi connectivity index (χ1v) is 7.81. The quantitative estimate of drug-likeness (QED) is 0.743. The van der Waals surface area contributed by atoms with Crippen LogP contribution in [0.4, 0.5) is 21.7 Å². The molecule has 0 aliphatic heterocycles. The number of amides is 1. The molecule has 3 rings (SSSR count). The molecule has 0 spiro atoms. The van der Waals surface area contributed by atoms with Gasteiger partial charge in [-0.05, 0) is 42.3 Å². The molecule has 0 atom stereocenters. The third-order valence-corrected chi connectivity index (χ3v) is 3.65. The Labute approximate surface area is 144 Å². The first-order chi connectivity index (χ1) is 12.1. The van der Waals surface area contributed by atoms with Gasteiger partial charge < -0.3 is 10.6 Å². The van der Waals surface area contributed by atoms with Gasteiger partial charge in [0, 0.05) is 5.69 Å². The van der Waals surface area contributed by atoms with Crippen LogP contribution in [0.15, 0.2) is 60.7 Å². The largest absolute Gasteiger partial charge is 0.339 e. The molecule has 0 fully saturated rings. The fraction of sp³-hybridized carbons (Fsp3) is 0.105. The van der Waals surface area contributed by atoms with E-state index in [1.54, 1.807) is 30.3 Å². The number of hydrogen-bond acceptors (Lipinski definition) is 4. The second-order valence-electron chi connectivity index (χ2n) is 5.56. The average Bonchev–Trinajstić information content (AvgIpc) is 2.61. The maximum Gasteiger partial charge on any atom is 0.230 e. The van der Waals surface area contributed by atoms with Crippen LogP contribution in [0.3, 0.4) is 0 Å². The summed E-state index contributed by atoms with van der Waals surface area (Å²) in [4.78, 5) is 12.0. The van der Waals surface area contributed by atoms with Crippen LogP contribution >= 0.6 is 0 Å². The van der Waals surface area contributed by atoms with Crippen molar-refractivity contribution < 1.29 is 9.18 Å². The third kappa shape index (κ3) is 4.38. The average molecular weight is 336 g/mol. The summed E-state index contributed by atoms with van der Waals surface area (Å²) in [5.74, 6) is 0.138. The molecule has 0 radical (unpaired) electrons. The second kappa shape index (κ2) is 7.53. The van der Waals surface area contributed by atoms with Crippen LogP contribution in [0.25, 0.3) is 0 Å². The maximum atomic E-state index is 13.6. The zero-order valence-electron chi connectivity index (χ0n) is 13.7. The molecule has 1 amide bonds. The van der Waals surface area contributed by atoms with E-state index in [9.17, 15) is 9.18 Å². The number of nitrogens with zero attached hydrogens (tertiary/aromatic N) is 2. The van der Waals surface area contributed by atoms with Gasteiger partial charge in [0.05, 0.1) is 6.42 Å². The summed E-state index contributed by atoms with van der Waals surface area (Å²) in [6, 6.07) is 17.4. The van der Waals surface area contributed by atoms with Gasteiger partial charge in [0.2, 0.25) is 5.91 Å².